The summed E-state index contributed by atoms with van der Waals surface area (Å²) in [6.45, 7) is 0.450. The van der Waals surface area contributed by atoms with E-state index in [1.54, 1.807) is 12.1 Å². The number of aryl methyl sites for hydroxylation is 2. The monoisotopic (exact) mass is 464 g/mol. The van der Waals surface area contributed by atoms with Crippen molar-refractivity contribution in [1.82, 2.24) is 9.29 Å². The van der Waals surface area contributed by atoms with Crippen molar-refractivity contribution in [3.05, 3.63) is 101 Å². The molecule has 0 unspecified atom stereocenters. The third-order valence-electron chi connectivity index (χ3n) is 6.04. The fourth-order valence-corrected chi connectivity index (χ4v) is 6.22. The minimum atomic E-state index is -3.53. The molecule has 4 rings (SSSR count). The second kappa shape index (κ2) is 10.3. The largest absolute Gasteiger partial charge is 0.478 e. The van der Waals surface area contributed by atoms with Crippen LogP contribution in [0.15, 0.2) is 72.8 Å². The SMILES string of the molecule is O=C(O)c1ccc([C@H]2CCCN2S(=O)(=O)Cc2ccccc2)nc1CCCc1ccccc1. The molecule has 2 heterocycles. The van der Waals surface area contributed by atoms with Crippen LogP contribution in [0.3, 0.4) is 0 Å². The zero-order valence-corrected chi connectivity index (χ0v) is 19.2. The summed E-state index contributed by atoms with van der Waals surface area (Å²) in [5, 5.41) is 9.64. The molecular formula is C26H28N2O4S. The lowest BCUT2D eigenvalue weighted by Crippen LogP contribution is -2.32. The van der Waals surface area contributed by atoms with Crippen LogP contribution in [0.5, 0.6) is 0 Å². The van der Waals surface area contributed by atoms with E-state index < -0.39 is 16.0 Å². The van der Waals surface area contributed by atoms with Crippen LogP contribution in [0, 0.1) is 0 Å². The van der Waals surface area contributed by atoms with E-state index in [2.05, 4.69) is 12.1 Å². The van der Waals surface area contributed by atoms with Crippen molar-refractivity contribution < 1.29 is 18.3 Å². The Morgan fingerprint density at radius 2 is 1.61 bits per heavy atom. The van der Waals surface area contributed by atoms with Gasteiger partial charge >= 0.3 is 5.97 Å². The topological polar surface area (TPSA) is 87.6 Å². The summed E-state index contributed by atoms with van der Waals surface area (Å²) >= 11 is 0. The van der Waals surface area contributed by atoms with Crippen LogP contribution in [0.2, 0.25) is 0 Å². The number of aromatic nitrogens is 1. The molecule has 3 aromatic rings. The maximum absolute atomic E-state index is 13.2. The predicted molar refractivity (Wildman–Crippen MR) is 127 cm³/mol. The van der Waals surface area contributed by atoms with Gasteiger partial charge in [0.15, 0.2) is 0 Å². The quantitative estimate of drug-likeness (QED) is 0.499. The van der Waals surface area contributed by atoms with Crippen molar-refractivity contribution in [2.24, 2.45) is 0 Å². The van der Waals surface area contributed by atoms with E-state index in [9.17, 15) is 18.3 Å². The van der Waals surface area contributed by atoms with Gasteiger partial charge in [-0.2, -0.15) is 4.31 Å². The number of hydrogen-bond acceptors (Lipinski definition) is 4. The number of carboxylic acids is 1. The Morgan fingerprint density at radius 1 is 0.939 bits per heavy atom. The predicted octanol–water partition coefficient (Wildman–Crippen LogP) is 4.62. The fourth-order valence-electron chi connectivity index (χ4n) is 4.43. The molecular weight excluding hydrogens is 436 g/mol. The van der Waals surface area contributed by atoms with Crippen LogP contribution in [-0.2, 0) is 28.6 Å². The number of aromatic carboxylic acids is 1. The third kappa shape index (κ3) is 5.67. The van der Waals surface area contributed by atoms with E-state index >= 15 is 0 Å². The average molecular weight is 465 g/mol. The van der Waals surface area contributed by atoms with Gasteiger partial charge in [-0.05, 0) is 55.4 Å². The summed E-state index contributed by atoms with van der Waals surface area (Å²) in [4.78, 5) is 16.5. The molecule has 1 aromatic heterocycles. The maximum Gasteiger partial charge on any atom is 0.337 e. The van der Waals surface area contributed by atoms with Gasteiger partial charge in [-0.3, -0.25) is 4.98 Å². The molecule has 0 aliphatic carbocycles. The Bertz CT molecular complexity index is 1200. The molecule has 1 N–H and O–H groups in total. The average Bonchev–Trinajstić information content (AvgIpc) is 3.31. The molecule has 2 aromatic carbocycles. The molecule has 6 nitrogen and oxygen atoms in total. The van der Waals surface area contributed by atoms with E-state index in [0.717, 1.165) is 24.8 Å². The van der Waals surface area contributed by atoms with Crippen molar-refractivity contribution in [3.63, 3.8) is 0 Å². The molecule has 0 bridgehead atoms. The first-order chi connectivity index (χ1) is 15.9. The summed E-state index contributed by atoms with van der Waals surface area (Å²) < 4.78 is 27.9. The molecule has 0 saturated carbocycles. The van der Waals surface area contributed by atoms with E-state index in [-0.39, 0.29) is 17.4 Å². The Kier molecular flexibility index (Phi) is 7.20. The van der Waals surface area contributed by atoms with Crippen molar-refractivity contribution in [1.29, 1.82) is 0 Å². The fraction of sp³-hybridized carbons (Fsp3) is 0.308. The minimum Gasteiger partial charge on any atom is -0.478 e. The zero-order chi connectivity index (χ0) is 23.3. The number of pyridine rings is 1. The number of hydrogen-bond donors (Lipinski definition) is 1. The number of benzene rings is 2. The lowest BCUT2D eigenvalue weighted by atomic mass is 10.0. The summed E-state index contributed by atoms with van der Waals surface area (Å²) in [6.07, 6.45) is 3.55. The van der Waals surface area contributed by atoms with Gasteiger partial charge in [0.2, 0.25) is 10.0 Å². The van der Waals surface area contributed by atoms with Crippen LogP contribution in [0.25, 0.3) is 0 Å². The highest BCUT2D eigenvalue weighted by molar-refractivity contribution is 7.88. The molecule has 172 valence electrons. The van der Waals surface area contributed by atoms with Gasteiger partial charge in [0.1, 0.15) is 0 Å². The number of rotatable bonds is 9. The second-order valence-electron chi connectivity index (χ2n) is 8.39. The highest BCUT2D eigenvalue weighted by atomic mass is 32.2. The number of sulfonamides is 1. The summed E-state index contributed by atoms with van der Waals surface area (Å²) in [7, 11) is -3.53. The molecule has 1 saturated heterocycles. The van der Waals surface area contributed by atoms with Gasteiger partial charge in [-0.1, -0.05) is 60.7 Å². The van der Waals surface area contributed by atoms with Crippen molar-refractivity contribution in [3.8, 4) is 0 Å². The van der Waals surface area contributed by atoms with Crippen LogP contribution in [-0.4, -0.2) is 35.3 Å². The van der Waals surface area contributed by atoms with Gasteiger partial charge in [0, 0.05) is 6.54 Å². The summed E-state index contributed by atoms with van der Waals surface area (Å²) in [6, 6.07) is 22.1. The standard InChI is InChI=1S/C26H28N2O4S/c29-26(30)22-16-17-24(27-23(22)14-7-13-20-9-3-1-4-10-20)25-15-8-18-28(25)33(31,32)19-21-11-5-2-6-12-21/h1-6,9-12,16-17,25H,7-8,13-15,18-19H2,(H,29,30)/t25-/m1/s1. The van der Waals surface area contributed by atoms with Crippen LogP contribution in [0.4, 0.5) is 0 Å². The Morgan fingerprint density at radius 3 is 2.27 bits per heavy atom. The Hall–Kier alpha value is -3.03. The Labute approximate surface area is 195 Å². The second-order valence-corrected chi connectivity index (χ2v) is 10.3. The zero-order valence-electron chi connectivity index (χ0n) is 18.4. The maximum atomic E-state index is 13.2. The molecule has 1 atom stereocenters. The summed E-state index contributed by atoms with van der Waals surface area (Å²) in [5.41, 5.74) is 3.27. The van der Waals surface area contributed by atoms with Crippen molar-refractivity contribution >= 4 is 16.0 Å². The van der Waals surface area contributed by atoms with Gasteiger partial charge in [0.05, 0.1) is 28.7 Å². The lowest BCUT2D eigenvalue weighted by Gasteiger charge is -2.24. The molecule has 33 heavy (non-hydrogen) atoms. The molecule has 0 spiro atoms. The molecule has 1 aliphatic heterocycles. The smallest absolute Gasteiger partial charge is 0.337 e. The summed E-state index contributed by atoms with van der Waals surface area (Å²) in [5.74, 6) is -1.06. The first kappa shape index (κ1) is 23.1. The number of nitrogens with zero attached hydrogens (tertiary/aromatic N) is 2. The minimum absolute atomic E-state index is 0.0541. The van der Waals surface area contributed by atoms with Crippen molar-refractivity contribution in [2.75, 3.05) is 6.54 Å². The van der Waals surface area contributed by atoms with Gasteiger partial charge < -0.3 is 5.11 Å². The highest BCUT2D eigenvalue weighted by Gasteiger charge is 2.36. The number of carbonyl (C=O) groups is 1. The van der Waals surface area contributed by atoms with Crippen LogP contribution in [0.1, 0.15) is 58.2 Å². The first-order valence-corrected chi connectivity index (χ1v) is 12.9. The van der Waals surface area contributed by atoms with E-state index in [1.807, 2.05) is 48.5 Å². The van der Waals surface area contributed by atoms with Crippen molar-refractivity contribution in [2.45, 2.75) is 43.9 Å². The van der Waals surface area contributed by atoms with E-state index in [1.165, 1.54) is 9.87 Å². The molecule has 0 radical (unpaired) electrons. The molecule has 1 aliphatic rings. The van der Waals surface area contributed by atoms with Gasteiger partial charge in [-0.15, -0.1) is 0 Å². The lowest BCUT2D eigenvalue weighted by molar-refractivity contribution is 0.0695. The highest BCUT2D eigenvalue weighted by Crippen LogP contribution is 2.35. The molecule has 1 fully saturated rings. The van der Waals surface area contributed by atoms with Gasteiger partial charge in [-0.25, -0.2) is 13.2 Å². The van der Waals surface area contributed by atoms with E-state index in [0.29, 0.717) is 30.8 Å². The third-order valence-corrected chi connectivity index (χ3v) is 7.89. The number of carboxylic acid groups (broad SMARTS) is 1. The molecule has 7 heteroatoms. The molecule has 0 amide bonds. The first-order valence-electron chi connectivity index (χ1n) is 11.2. The Balaban J connectivity index is 1.54. The van der Waals surface area contributed by atoms with Crippen LogP contribution >= 0.6 is 0 Å². The van der Waals surface area contributed by atoms with E-state index in [4.69, 9.17) is 4.98 Å². The van der Waals surface area contributed by atoms with Crippen LogP contribution < -0.4 is 0 Å². The normalized spacial score (nSPS) is 16.7. The van der Waals surface area contributed by atoms with Gasteiger partial charge in [0.25, 0.3) is 0 Å².